The van der Waals surface area contributed by atoms with Gasteiger partial charge in [0, 0.05) is 0 Å². The molecule has 0 unspecified atom stereocenters. The largest absolute Gasteiger partial charge is 0.496 e. The summed E-state index contributed by atoms with van der Waals surface area (Å²) in [5, 5.41) is 1.66. The van der Waals surface area contributed by atoms with E-state index in [0.29, 0.717) is 22.7 Å². The summed E-state index contributed by atoms with van der Waals surface area (Å²) in [6.45, 7) is 2.10. The monoisotopic (exact) mass is 196 g/mol. The molecule has 1 aromatic heterocycles. The molecule has 1 rings (SSSR count). The van der Waals surface area contributed by atoms with Gasteiger partial charge in [-0.1, -0.05) is 0 Å². The first-order chi connectivity index (χ1) is 6.20. The molecule has 1 aromatic rings. The van der Waals surface area contributed by atoms with E-state index in [1.807, 2.05) is 0 Å². The van der Waals surface area contributed by atoms with E-state index in [0.717, 1.165) is 0 Å². The van der Waals surface area contributed by atoms with Gasteiger partial charge >= 0.3 is 5.97 Å². The van der Waals surface area contributed by atoms with Crippen molar-refractivity contribution in [1.82, 2.24) is 0 Å². The summed E-state index contributed by atoms with van der Waals surface area (Å²) in [6.07, 6.45) is 0. The van der Waals surface area contributed by atoms with Gasteiger partial charge in [0.25, 0.3) is 0 Å². The Bertz CT molecular complexity index is 308. The summed E-state index contributed by atoms with van der Waals surface area (Å²) >= 11 is 1.22. The third-order valence-electron chi connectivity index (χ3n) is 1.44. The molecule has 0 atom stereocenters. The number of hydrogen-bond donors (Lipinski definition) is 0. The van der Waals surface area contributed by atoms with Crippen LogP contribution < -0.4 is 10.2 Å². The third kappa shape index (κ3) is 2.04. The van der Waals surface area contributed by atoms with E-state index in [1.165, 1.54) is 18.4 Å². The third-order valence-corrected chi connectivity index (χ3v) is 2.40. The van der Waals surface area contributed by atoms with Crippen LogP contribution in [0.1, 0.15) is 16.6 Å². The van der Waals surface area contributed by atoms with Crippen LogP contribution in [0.2, 0.25) is 0 Å². The molecule has 0 fully saturated rings. The number of thiophene rings is 1. The van der Waals surface area contributed by atoms with Crippen molar-refractivity contribution in [3.05, 3.63) is 10.3 Å². The standard InChI is InChI=1S/C8H9BO3S/c1-3-12-8(10)7-6(11-2)5(9)4-13-7/h4H,3H2,1-2H3. The van der Waals surface area contributed by atoms with Gasteiger partial charge in [-0.25, -0.2) is 4.79 Å². The highest BCUT2D eigenvalue weighted by molar-refractivity contribution is 7.13. The Kier molecular flexibility index (Phi) is 3.36. The molecule has 0 aliphatic carbocycles. The molecular formula is C8H9BO3S. The Balaban J connectivity index is 2.93. The van der Waals surface area contributed by atoms with Gasteiger partial charge in [-0.2, -0.15) is 0 Å². The second kappa shape index (κ2) is 4.32. The lowest BCUT2D eigenvalue weighted by Crippen LogP contribution is -2.08. The minimum atomic E-state index is -0.388. The lowest BCUT2D eigenvalue weighted by molar-refractivity contribution is 0.0529. The minimum Gasteiger partial charge on any atom is -0.496 e. The quantitative estimate of drug-likeness (QED) is 0.528. The van der Waals surface area contributed by atoms with Crippen molar-refractivity contribution in [2.24, 2.45) is 0 Å². The predicted octanol–water partition coefficient (Wildman–Crippen LogP) is 0.727. The number of methoxy groups -OCH3 is 1. The molecular weight excluding hydrogens is 187 g/mol. The Morgan fingerprint density at radius 3 is 2.92 bits per heavy atom. The maximum absolute atomic E-state index is 11.3. The number of rotatable bonds is 3. The molecule has 13 heavy (non-hydrogen) atoms. The second-order valence-electron chi connectivity index (χ2n) is 2.27. The summed E-state index contributed by atoms with van der Waals surface area (Å²) in [4.78, 5) is 11.7. The van der Waals surface area contributed by atoms with E-state index < -0.39 is 0 Å². The summed E-state index contributed by atoms with van der Waals surface area (Å²) in [7, 11) is 7.04. The molecule has 68 valence electrons. The Morgan fingerprint density at radius 1 is 1.69 bits per heavy atom. The van der Waals surface area contributed by atoms with Crippen molar-refractivity contribution in [3.8, 4) is 5.75 Å². The van der Waals surface area contributed by atoms with Gasteiger partial charge in [-0.3, -0.25) is 0 Å². The van der Waals surface area contributed by atoms with Crippen LogP contribution in [0.3, 0.4) is 0 Å². The molecule has 0 saturated heterocycles. The van der Waals surface area contributed by atoms with Gasteiger partial charge in [0.05, 0.1) is 13.7 Å². The molecule has 0 N–H and O–H groups in total. The Labute approximate surface area is 82.1 Å². The van der Waals surface area contributed by atoms with Crippen molar-refractivity contribution in [1.29, 1.82) is 0 Å². The molecule has 1 heterocycles. The lowest BCUT2D eigenvalue weighted by Gasteiger charge is -2.03. The predicted molar refractivity (Wildman–Crippen MR) is 52.2 cm³/mol. The average molecular weight is 196 g/mol. The van der Waals surface area contributed by atoms with E-state index in [-0.39, 0.29) is 5.97 Å². The van der Waals surface area contributed by atoms with Gasteiger partial charge in [0.15, 0.2) is 4.88 Å². The van der Waals surface area contributed by atoms with Gasteiger partial charge < -0.3 is 9.47 Å². The van der Waals surface area contributed by atoms with E-state index in [2.05, 4.69) is 0 Å². The van der Waals surface area contributed by atoms with Crippen LogP contribution in [0.4, 0.5) is 0 Å². The lowest BCUT2D eigenvalue weighted by atomic mass is 9.99. The first kappa shape index (κ1) is 10.1. The normalized spacial score (nSPS) is 9.69. The summed E-state index contributed by atoms with van der Waals surface area (Å²) < 4.78 is 9.79. The number of carbonyl (C=O) groups is 1. The Morgan fingerprint density at radius 2 is 2.38 bits per heavy atom. The minimum absolute atomic E-state index is 0.347. The van der Waals surface area contributed by atoms with Crippen LogP contribution in [0.25, 0.3) is 0 Å². The van der Waals surface area contributed by atoms with Crippen molar-refractivity contribution in [3.63, 3.8) is 0 Å². The number of ether oxygens (including phenoxy) is 2. The Hall–Kier alpha value is -0.965. The topological polar surface area (TPSA) is 35.5 Å². The highest BCUT2D eigenvalue weighted by Crippen LogP contribution is 2.22. The van der Waals surface area contributed by atoms with Crippen molar-refractivity contribution < 1.29 is 14.3 Å². The highest BCUT2D eigenvalue weighted by Gasteiger charge is 2.16. The zero-order valence-corrected chi connectivity index (χ0v) is 8.31. The second-order valence-corrected chi connectivity index (χ2v) is 3.15. The number of carbonyl (C=O) groups excluding carboxylic acids is 1. The molecule has 0 aliphatic heterocycles. The van der Waals surface area contributed by atoms with Crippen LogP contribution in [0.5, 0.6) is 5.75 Å². The average Bonchev–Trinajstić information content (AvgIpc) is 2.47. The fraction of sp³-hybridized carbons (Fsp3) is 0.375. The first-order valence-corrected chi connectivity index (χ1v) is 4.66. The SMILES string of the molecule is [B]c1csc(C(=O)OCC)c1OC. The molecule has 0 amide bonds. The van der Waals surface area contributed by atoms with Crippen LogP contribution in [0, 0.1) is 0 Å². The van der Waals surface area contributed by atoms with E-state index in [1.54, 1.807) is 12.3 Å². The number of esters is 1. The smallest absolute Gasteiger partial charge is 0.352 e. The molecule has 2 radical (unpaired) electrons. The molecule has 0 aromatic carbocycles. The molecule has 0 spiro atoms. The van der Waals surface area contributed by atoms with Crippen molar-refractivity contribution in [2.45, 2.75) is 6.92 Å². The zero-order valence-electron chi connectivity index (χ0n) is 7.49. The van der Waals surface area contributed by atoms with Gasteiger partial charge in [0.2, 0.25) is 0 Å². The fourth-order valence-electron chi connectivity index (χ4n) is 0.909. The summed E-state index contributed by atoms with van der Waals surface area (Å²) in [5.74, 6) is 0.0181. The van der Waals surface area contributed by atoms with Crippen LogP contribution in [-0.2, 0) is 4.74 Å². The number of hydrogen-bond acceptors (Lipinski definition) is 4. The zero-order chi connectivity index (χ0) is 9.84. The first-order valence-electron chi connectivity index (χ1n) is 3.78. The van der Waals surface area contributed by atoms with E-state index in [4.69, 9.17) is 17.3 Å². The van der Waals surface area contributed by atoms with Crippen molar-refractivity contribution >= 4 is 30.6 Å². The molecule has 3 nitrogen and oxygen atoms in total. The van der Waals surface area contributed by atoms with Gasteiger partial charge in [-0.05, 0) is 17.8 Å². The molecule has 0 aliphatic rings. The molecule has 0 bridgehead atoms. The summed E-state index contributed by atoms with van der Waals surface area (Å²) in [5.41, 5.74) is 0.468. The fourth-order valence-corrected chi connectivity index (χ4v) is 1.72. The summed E-state index contributed by atoms with van der Waals surface area (Å²) in [6, 6.07) is 0. The van der Waals surface area contributed by atoms with Gasteiger partial charge in [-0.15, -0.1) is 11.3 Å². The highest BCUT2D eigenvalue weighted by atomic mass is 32.1. The van der Waals surface area contributed by atoms with Crippen LogP contribution in [-0.4, -0.2) is 27.5 Å². The van der Waals surface area contributed by atoms with Crippen LogP contribution >= 0.6 is 11.3 Å². The van der Waals surface area contributed by atoms with E-state index >= 15 is 0 Å². The molecule has 0 saturated carbocycles. The van der Waals surface area contributed by atoms with Crippen molar-refractivity contribution in [2.75, 3.05) is 13.7 Å². The van der Waals surface area contributed by atoms with Crippen LogP contribution in [0.15, 0.2) is 5.38 Å². The van der Waals surface area contributed by atoms with E-state index in [9.17, 15) is 4.79 Å². The van der Waals surface area contributed by atoms with Gasteiger partial charge in [0.1, 0.15) is 13.6 Å². The maximum atomic E-state index is 11.3. The molecule has 5 heteroatoms. The maximum Gasteiger partial charge on any atom is 0.352 e.